The lowest BCUT2D eigenvalue weighted by Crippen LogP contribution is -2.36. The van der Waals surface area contributed by atoms with Crippen LogP contribution in [0.5, 0.6) is 5.75 Å². The maximum absolute atomic E-state index is 14.5. The summed E-state index contributed by atoms with van der Waals surface area (Å²) in [4.78, 5) is 15.0. The Bertz CT molecular complexity index is 1170. The zero-order valence-corrected chi connectivity index (χ0v) is 17.6. The number of fused-ring (bicyclic) bond motifs is 2. The Balaban J connectivity index is 1.42. The van der Waals surface area contributed by atoms with Gasteiger partial charge in [-0.25, -0.2) is 8.60 Å². The van der Waals surface area contributed by atoms with Gasteiger partial charge in [0.2, 0.25) is 0 Å². The number of nitrogens with zero attached hydrogens (tertiary/aromatic N) is 1. The van der Waals surface area contributed by atoms with Crippen LogP contribution >= 0.6 is 15.9 Å². The molecule has 0 aliphatic carbocycles. The minimum Gasteiger partial charge on any atom is -0.492 e. The van der Waals surface area contributed by atoms with Crippen LogP contribution in [0.2, 0.25) is 0 Å². The average molecular weight is 479 g/mol. The lowest BCUT2D eigenvalue weighted by Gasteiger charge is -2.33. The number of ether oxygens (including phenoxy) is 1. The highest BCUT2D eigenvalue weighted by atomic mass is 79.9. The van der Waals surface area contributed by atoms with Gasteiger partial charge in [0.1, 0.15) is 22.0 Å². The number of hydrogen-bond acceptors (Lipinski definition) is 5. The Morgan fingerprint density at radius 1 is 1.21 bits per heavy atom. The van der Waals surface area contributed by atoms with Crippen LogP contribution in [0.4, 0.5) is 10.1 Å². The van der Waals surface area contributed by atoms with Crippen LogP contribution in [-0.4, -0.2) is 29.8 Å². The molecule has 0 spiro atoms. The summed E-state index contributed by atoms with van der Waals surface area (Å²) in [5.74, 6) is -0.704. The van der Waals surface area contributed by atoms with E-state index in [0.717, 1.165) is 41.7 Å². The molecule has 1 aromatic heterocycles. The van der Waals surface area contributed by atoms with Gasteiger partial charge in [-0.15, -0.1) is 0 Å². The van der Waals surface area contributed by atoms with Crippen LogP contribution in [0.25, 0.3) is 11.0 Å². The first kappa shape index (κ1) is 18.6. The molecule has 1 amide bonds. The first-order valence-electron chi connectivity index (χ1n) is 9.15. The van der Waals surface area contributed by atoms with E-state index in [2.05, 4.69) is 20.7 Å². The number of hydrogen-bond donors (Lipinski definition) is 1. The first-order valence-corrected chi connectivity index (χ1v) is 11.1. The summed E-state index contributed by atoms with van der Waals surface area (Å²) in [5, 5.41) is 0.219. The summed E-state index contributed by atoms with van der Waals surface area (Å²) in [6.07, 6.45) is 1.79. The van der Waals surface area contributed by atoms with Crippen molar-refractivity contribution in [3.05, 3.63) is 51.9 Å². The van der Waals surface area contributed by atoms with E-state index in [1.165, 1.54) is 12.1 Å². The second kappa shape index (κ2) is 7.14. The Labute approximate surface area is 176 Å². The average Bonchev–Trinajstić information content (AvgIpc) is 3.26. The van der Waals surface area contributed by atoms with Crippen molar-refractivity contribution in [1.29, 1.82) is 0 Å². The van der Waals surface area contributed by atoms with Gasteiger partial charge in [-0.05, 0) is 30.2 Å². The maximum atomic E-state index is 14.5. The molecule has 2 aromatic carbocycles. The van der Waals surface area contributed by atoms with E-state index < -0.39 is 22.7 Å². The quantitative estimate of drug-likeness (QED) is 0.614. The number of carbonyl (C=O) groups excluding carboxylic acids is 1. The molecule has 9 heteroatoms. The van der Waals surface area contributed by atoms with E-state index in [1.54, 1.807) is 12.1 Å². The summed E-state index contributed by atoms with van der Waals surface area (Å²) >= 11 is 3.39. The number of rotatable bonds is 4. The molecule has 1 saturated heterocycles. The van der Waals surface area contributed by atoms with Crippen LogP contribution in [-0.2, 0) is 17.4 Å². The van der Waals surface area contributed by atoms with Gasteiger partial charge in [0.25, 0.3) is 5.91 Å². The third-order valence-electron chi connectivity index (χ3n) is 5.12. The van der Waals surface area contributed by atoms with Gasteiger partial charge in [0.15, 0.2) is 16.7 Å². The molecular formula is C20H16BrFN2O4S. The van der Waals surface area contributed by atoms with Crippen LogP contribution in [0.3, 0.4) is 0 Å². The number of furan rings is 1. The Hall–Kier alpha value is -2.39. The molecule has 1 unspecified atom stereocenters. The zero-order valence-electron chi connectivity index (χ0n) is 15.2. The molecule has 5 rings (SSSR count). The van der Waals surface area contributed by atoms with Crippen LogP contribution < -0.4 is 14.4 Å². The largest absolute Gasteiger partial charge is 0.492 e. The van der Waals surface area contributed by atoms with Crippen molar-refractivity contribution in [3.63, 3.8) is 0 Å². The van der Waals surface area contributed by atoms with Crippen molar-refractivity contribution in [3.8, 4) is 5.75 Å². The number of benzene rings is 2. The predicted molar refractivity (Wildman–Crippen MR) is 110 cm³/mol. The molecular weight excluding hydrogens is 463 g/mol. The molecule has 150 valence electrons. The Morgan fingerprint density at radius 3 is 2.79 bits per heavy atom. The van der Waals surface area contributed by atoms with E-state index in [-0.39, 0.29) is 16.7 Å². The van der Waals surface area contributed by atoms with Gasteiger partial charge in [-0.1, -0.05) is 15.9 Å². The minimum atomic E-state index is -1.85. The number of nitrogens with one attached hydrogen (secondary N) is 1. The second-order valence-electron chi connectivity index (χ2n) is 6.98. The molecule has 0 radical (unpaired) electrons. The molecule has 1 N–H and O–H groups in total. The van der Waals surface area contributed by atoms with Gasteiger partial charge >= 0.3 is 0 Å². The fourth-order valence-corrected chi connectivity index (χ4v) is 5.14. The lowest BCUT2D eigenvalue weighted by atomic mass is 10.1. The van der Waals surface area contributed by atoms with Crippen molar-refractivity contribution < 1.29 is 22.5 Å². The summed E-state index contributed by atoms with van der Waals surface area (Å²) in [6, 6.07) is 8.05. The summed E-state index contributed by atoms with van der Waals surface area (Å²) in [7, 11) is -1.85. The Morgan fingerprint density at radius 2 is 2.03 bits per heavy atom. The molecule has 6 nitrogen and oxygen atoms in total. The van der Waals surface area contributed by atoms with Crippen molar-refractivity contribution >= 4 is 49.5 Å². The molecule has 2 aliphatic rings. The number of carbonyl (C=O) groups is 1. The van der Waals surface area contributed by atoms with Crippen LogP contribution in [0, 0.1) is 5.82 Å². The van der Waals surface area contributed by atoms with Gasteiger partial charge < -0.3 is 14.1 Å². The Kier molecular flexibility index (Phi) is 4.59. The smallest absolute Gasteiger partial charge is 0.298 e. The van der Waals surface area contributed by atoms with E-state index >= 15 is 0 Å². The topological polar surface area (TPSA) is 71.8 Å². The predicted octanol–water partition coefficient (Wildman–Crippen LogP) is 3.93. The molecule has 3 aromatic rings. The highest BCUT2D eigenvalue weighted by Gasteiger charge is 2.25. The molecule has 3 heterocycles. The molecule has 29 heavy (non-hydrogen) atoms. The molecule has 1 atom stereocenters. The van der Waals surface area contributed by atoms with E-state index in [0.29, 0.717) is 17.3 Å². The van der Waals surface area contributed by atoms with Crippen molar-refractivity contribution in [1.82, 2.24) is 4.72 Å². The first-order chi connectivity index (χ1) is 14.0. The SMILES string of the molecule is O=C(NS(=O)c1cc(Br)cc2c1OCC2)c1cc2c(F)cc(N3CCC3)cc2o1. The van der Waals surface area contributed by atoms with E-state index in [9.17, 15) is 13.4 Å². The van der Waals surface area contributed by atoms with E-state index in [4.69, 9.17) is 9.15 Å². The van der Waals surface area contributed by atoms with Gasteiger partial charge in [0.05, 0.1) is 12.0 Å². The summed E-state index contributed by atoms with van der Waals surface area (Å²) < 4.78 is 41.5. The normalized spacial score (nSPS) is 16.3. The molecule has 0 saturated carbocycles. The standard InChI is InChI=1S/C20H16BrFN2O4S/c21-12-6-11-2-5-27-19(11)18(7-12)29(26)23-20(25)17-10-14-15(22)8-13(9-16(14)28-17)24-3-1-4-24/h6-10H,1-5H2,(H,23,25). The van der Waals surface area contributed by atoms with Crippen molar-refractivity contribution in [2.24, 2.45) is 0 Å². The monoisotopic (exact) mass is 478 g/mol. The highest BCUT2D eigenvalue weighted by molar-refractivity contribution is 9.10. The fraction of sp³-hybridized carbons (Fsp3) is 0.250. The van der Waals surface area contributed by atoms with Gasteiger partial charge in [-0.2, -0.15) is 0 Å². The van der Waals surface area contributed by atoms with E-state index in [1.807, 2.05) is 11.0 Å². The number of anilines is 1. The third-order valence-corrected chi connectivity index (χ3v) is 6.65. The van der Waals surface area contributed by atoms with Gasteiger partial charge in [-0.3, -0.25) is 9.52 Å². The highest BCUT2D eigenvalue weighted by Crippen LogP contribution is 2.35. The number of halogens is 2. The second-order valence-corrected chi connectivity index (χ2v) is 9.08. The number of amides is 1. The molecule has 2 aliphatic heterocycles. The molecule has 1 fully saturated rings. The minimum absolute atomic E-state index is 0.0967. The molecule has 0 bridgehead atoms. The summed E-state index contributed by atoms with van der Waals surface area (Å²) in [6.45, 7) is 2.25. The third kappa shape index (κ3) is 3.32. The van der Waals surface area contributed by atoms with Crippen LogP contribution in [0.1, 0.15) is 22.5 Å². The lowest BCUT2D eigenvalue weighted by molar-refractivity contribution is 0.0958. The zero-order chi connectivity index (χ0) is 20.1. The van der Waals surface area contributed by atoms with Gasteiger partial charge in [0, 0.05) is 41.8 Å². The van der Waals surface area contributed by atoms with Crippen LogP contribution in [0.15, 0.2) is 44.1 Å². The van der Waals surface area contributed by atoms with Crippen molar-refractivity contribution in [2.75, 3.05) is 24.6 Å². The maximum Gasteiger partial charge on any atom is 0.298 e. The van der Waals surface area contributed by atoms with Crippen molar-refractivity contribution in [2.45, 2.75) is 17.7 Å². The fourth-order valence-electron chi connectivity index (χ4n) is 3.51. The summed E-state index contributed by atoms with van der Waals surface area (Å²) in [5.41, 5.74) is 1.95.